The molecular formula is C27H38ClN3O5S. The van der Waals surface area contributed by atoms with Crippen LogP contribution in [-0.4, -0.2) is 57.1 Å². The second-order valence-corrected chi connectivity index (χ2v) is 11.1. The first-order valence-corrected chi connectivity index (χ1v) is 14.8. The standard InChI is InChI=1S/C27H38ClN3O5S/c1-5-18-29-27(33)25(6-2)30(20-21-10-12-22(28)13-11-21)26(32)9-8-19-31(37(4,34)35)23-14-16-24(17-15-23)36-7-3/h10-17,25H,5-9,18-20H2,1-4H3,(H,29,33). The number of hydrogen-bond donors (Lipinski definition) is 1. The van der Waals surface area contributed by atoms with E-state index in [1.165, 1.54) is 4.31 Å². The van der Waals surface area contributed by atoms with E-state index < -0.39 is 16.1 Å². The third-order valence-electron chi connectivity index (χ3n) is 5.79. The number of rotatable bonds is 15. The van der Waals surface area contributed by atoms with Gasteiger partial charge in [-0.2, -0.15) is 0 Å². The molecule has 204 valence electrons. The van der Waals surface area contributed by atoms with Crippen LogP contribution in [0.1, 0.15) is 52.0 Å². The fraction of sp³-hybridized carbons (Fsp3) is 0.481. The van der Waals surface area contributed by atoms with E-state index >= 15 is 0 Å². The van der Waals surface area contributed by atoms with Gasteiger partial charge in [0.05, 0.1) is 18.6 Å². The Labute approximate surface area is 226 Å². The highest BCUT2D eigenvalue weighted by molar-refractivity contribution is 7.92. The molecule has 2 rings (SSSR count). The molecule has 0 radical (unpaired) electrons. The van der Waals surface area contributed by atoms with E-state index in [4.69, 9.17) is 16.3 Å². The van der Waals surface area contributed by atoms with Crippen molar-refractivity contribution in [2.75, 3.05) is 30.3 Å². The average Bonchev–Trinajstić information content (AvgIpc) is 2.86. The number of hydrogen-bond acceptors (Lipinski definition) is 5. The van der Waals surface area contributed by atoms with Crippen LogP contribution < -0.4 is 14.4 Å². The lowest BCUT2D eigenvalue weighted by molar-refractivity contribution is -0.141. The number of halogens is 1. The van der Waals surface area contributed by atoms with Crippen LogP contribution in [0, 0.1) is 0 Å². The molecule has 0 fully saturated rings. The van der Waals surface area contributed by atoms with Gasteiger partial charge in [-0.25, -0.2) is 8.42 Å². The SMILES string of the molecule is CCCNC(=O)C(CC)N(Cc1ccc(Cl)cc1)C(=O)CCCN(c1ccc(OCC)cc1)S(C)(=O)=O. The predicted molar refractivity (Wildman–Crippen MR) is 148 cm³/mol. The third kappa shape index (κ3) is 9.55. The van der Waals surface area contributed by atoms with Crippen molar-refractivity contribution in [3.63, 3.8) is 0 Å². The molecule has 0 heterocycles. The minimum atomic E-state index is -3.57. The molecule has 0 bridgehead atoms. The maximum absolute atomic E-state index is 13.4. The summed E-state index contributed by atoms with van der Waals surface area (Å²) in [6.07, 6.45) is 2.78. The number of amides is 2. The Morgan fingerprint density at radius 2 is 1.68 bits per heavy atom. The summed E-state index contributed by atoms with van der Waals surface area (Å²) < 4.78 is 31.7. The zero-order chi connectivity index (χ0) is 27.4. The number of carbonyl (C=O) groups is 2. The van der Waals surface area contributed by atoms with Crippen LogP contribution in [0.5, 0.6) is 5.75 Å². The summed E-state index contributed by atoms with van der Waals surface area (Å²) in [7, 11) is -3.57. The topological polar surface area (TPSA) is 96.0 Å². The van der Waals surface area contributed by atoms with E-state index in [9.17, 15) is 18.0 Å². The Bertz CT molecular complexity index is 1110. The number of sulfonamides is 1. The van der Waals surface area contributed by atoms with Gasteiger partial charge in [-0.1, -0.05) is 37.6 Å². The molecule has 0 aliphatic rings. The maximum atomic E-state index is 13.4. The predicted octanol–water partition coefficient (Wildman–Crippen LogP) is 4.62. The summed E-state index contributed by atoms with van der Waals surface area (Å²) in [6, 6.07) is 13.3. The molecule has 2 aromatic carbocycles. The van der Waals surface area contributed by atoms with E-state index in [0.717, 1.165) is 18.2 Å². The average molecular weight is 552 g/mol. The first kappa shape index (κ1) is 30.4. The Morgan fingerprint density at radius 1 is 1.03 bits per heavy atom. The van der Waals surface area contributed by atoms with Crippen molar-refractivity contribution in [2.24, 2.45) is 0 Å². The van der Waals surface area contributed by atoms with Gasteiger partial charge in [0, 0.05) is 31.1 Å². The molecule has 8 nitrogen and oxygen atoms in total. The van der Waals surface area contributed by atoms with E-state index in [1.54, 1.807) is 41.3 Å². The van der Waals surface area contributed by atoms with Crippen molar-refractivity contribution in [1.82, 2.24) is 10.2 Å². The highest BCUT2D eigenvalue weighted by Gasteiger charge is 2.28. The van der Waals surface area contributed by atoms with Gasteiger partial charge in [0.2, 0.25) is 21.8 Å². The summed E-state index contributed by atoms with van der Waals surface area (Å²) in [6.45, 7) is 7.14. The van der Waals surface area contributed by atoms with Crippen LogP contribution in [-0.2, 0) is 26.2 Å². The molecule has 1 unspecified atom stereocenters. The molecule has 0 saturated carbocycles. The largest absolute Gasteiger partial charge is 0.494 e. The minimum Gasteiger partial charge on any atom is -0.494 e. The molecule has 1 N–H and O–H groups in total. The second kappa shape index (κ2) is 14.8. The molecule has 0 saturated heterocycles. The van der Waals surface area contributed by atoms with Crippen molar-refractivity contribution >= 4 is 39.1 Å². The number of benzene rings is 2. The summed E-state index contributed by atoms with van der Waals surface area (Å²) >= 11 is 6.01. The lowest BCUT2D eigenvalue weighted by Crippen LogP contribution is -2.49. The first-order valence-electron chi connectivity index (χ1n) is 12.6. The van der Waals surface area contributed by atoms with Gasteiger partial charge in [-0.05, 0) is 68.1 Å². The van der Waals surface area contributed by atoms with Crippen LogP contribution in [0.2, 0.25) is 5.02 Å². The van der Waals surface area contributed by atoms with Gasteiger partial charge >= 0.3 is 0 Å². The van der Waals surface area contributed by atoms with Crippen LogP contribution in [0.3, 0.4) is 0 Å². The number of nitrogens with zero attached hydrogens (tertiary/aromatic N) is 2. The number of ether oxygens (including phenoxy) is 1. The van der Waals surface area contributed by atoms with Crippen molar-refractivity contribution < 1.29 is 22.7 Å². The normalized spacial score (nSPS) is 12.0. The number of carbonyl (C=O) groups excluding carboxylic acids is 2. The van der Waals surface area contributed by atoms with E-state index in [-0.39, 0.29) is 31.3 Å². The minimum absolute atomic E-state index is 0.0915. The van der Waals surface area contributed by atoms with Gasteiger partial charge in [-0.3, -0.25) is 13.9 Å². The summed E-state index contributed by atoms with van der Waals surface area (Å²) in [5.41, 5.74) is 1.36. The Balaban J connectivity index is 2.18. The smallest absolute Gasteiger partial charge is 0.242 e. The monoisotopic (exact) mass is 551 g/mol. The van der Waals surface area contributed by atoms with E-state index in [0.29, 0.717) is 42.5 Å². The Hall–Kier alpha value is -2.78. The molecule has 0 spiro atoms. The highest BCUT2D eigenvalue weighted by Crippen LogP contribution is 2.23. The van der Waals surface area contributed by atoms with Gasteiger partial charge in [0.25, 0.3) is 0 Å². The summed E-state index contributed by atoms with van der Waals surface area (Å²) in [5, 5.41) is 3.48. The summed E-state index contributed by atoms with van der Waals surface area (Å²) in [4.78, 5) is 27.9. The molecule has 10 heteroatoms. The van der Waals surface area contributed by atoms with Crippen molar-refractivity contribution in [3.05, 3.63) is 59.1 Å². The molecule has 0 aliphatic heterocycles. The molecule has 2 amide bonds. The van der Waals surface area contributed by atoms with E-state index in [1.807, 2.05) is 32.9 Å². The molecular weight excluding hydrogens is 514 g/mol. The molecule has 0 aliphatic carbocycles. The van der Waals surface area contributed by atoms with Crippen LogP contribution >= 0.6 is 11.6 Å². The molecule has 1 atom stereocenters. The molecule has 0 aromatic heterocycles. The van der Waals surface area contributed by atoms with Crippen molar-refractivity contribution in [1.29, 1.82) is 0 Å². The van der Waals surface area contributed by atoms with Crippen LogP contribution in [0.15, 0.2) is 48.5 Å². The first-order chi connectivity index (χ1) is 17.6. The fourth-order valence-corrected chi connectivity index (χ4v) is 5.04. The highest BCUT2D eigenvalue weighted by atomic mass is 35.5. The van der Waals surface area contributed by atoms with Gasteiger partial charge < -0.3 is 15.0 Å². The zero-order valence-corrected chi connectivity index (χ0v) is 23.6. The molecule has 37 heavy (non-hydrogen) atoms. The molecule has 2 aromatic rings. The fourth-order valence-electron chi connectivity index (χ4n) is 3.95. The Kier molecular flexibility index (Phi) is 12.2. The lowest BCUT2D eigenvalue weighted by Gasteiger charge is -2.31. The number of nitrogens with one attached hydrogen (secondary N) is 1. The quantitative estimate of drug-likeness (QED) is 0.348. The Morgan fingerprint density at radius 3 is 2.22 bits per heavy atom. The summed E-state index contributed by atoms with van der Waals surface area (Å²) in [5.74, 6) is 0.243. The van der Waals surface area contributed by atoms with Crippen molar-refractivity contribution in [2.45, 2.75) is 59.0 Å². The van der Waals surface area contributed by atoms with Gasteiger partial charge in [-0.15, -0.1) is 0 Å². The van der Waals surface area contributed by atoms with E-state index in [2.05, 4.69) is 5.32 Å². The van der Waals surface area contributed by atoms with Gasteiger partial charge in [0.1, 0.15) is 11.8 Å². The number of anilines is 1. The van der Waals surface area contributed by atoms with Crippen molar-refractivity contribution in [3.8, 4) is 5.75 Å². The zero-order valence-electron chi connectivity index (χ0n) is 22.1. The van der Waals surface area contributed by atoms with Crippen LogP contribution in [0.25, 0.3) is 0 Å². The third-order valence-corrected chi connectivity index (χ3v) is 7.24. The second-order valence-electron chi connectivity index (χ2n) is 8.73. The lowest BCUT2D eigenvalue weighted by atomic mass is 10.1. The van der Waals surface area contributed by atoms with Gasteiger partial charge in [0.15, 0.2) is 0 Å². The van der Waals surface area contributed by atoms with Crippen LogP contribution in [0.4, 0.5) is 5.69 Å². The maximum Gasteiger partial charge on any atom is 0.242 e.